The average molecular weight is 261 g/mol. The van der Waals surface area contributed by atoms with Crippen molar-refractivity contribution in [3.05, 3.63) is 10.0 Å². The minimum atomic E-state index is 0.594. The Hall–Kier alpha value is -0.230. The summed E-state index contributed by atoms with van der Waals surface area (Å²) in [7, 11) is 0. The maximum atomic E-state index is 6.03. The third-order valence-corrected chi connectivity index (χ3v) is 4.10. The molecular weight excluding hydrogens is 244 g/mol. The molecule has 0 aliphatic carbocycles. The van der Waals surface area contributed by atoms with E-state index in [1.807, 2.05) is 0 Å². The first-order valence-corrected chi connectivity index (χ1v) is 6.87. The number of nitrogens with two attached hydrogens (primary N) is 1. The summed E-state index contributed by atoms with van der Waals surface area (Å²) in [5, 5.41) is 4.07. The molecule has 0 saturated carbocycles. The molecule has 1 aromatic rings. The molecule has 1 atom stereocenters. The first kappa shape index (κ1) is 12.2. The van der Waals surface area contributed by atoms with Crippen molar-refractivity contribution in [3.8, 4) is 0 Å². The van der Waals surface area contributed by atoms with Crippen molar-refractivity contribution >= 4 is 23.1 Å². The van der Waals surface area contributed by atoms with E-state index in [1.54, 1.807) is 0 Å². The average Bonchev–Trinajstić information content (AvgIpc) is 2.68. The number of hydrogen-bond acceptors (Lipinski definition) is 5. The highest BCUT2D eigenvalue weighted by Crippen LogP contribution is 2.24. The summed E-state index contributed by atoms with van der Waals surface area (Å²) in [5.41, 5.74) is 6.56. The predicted octanol–water partition coefficient (Wildman–Crippen LogP) is 1.89. The highest BCUT2D eigenvalue weighted by atomic mass is 35.5. The van der Waals surface area contributed by atoms with Gasteiger partial charge < -0.3 is 5.73 Å². The van der Waals surface area contributed by atoms with E-state index in [9.17, 15) is 0 Å². The normalized spacial score (nSPS) is 22.5. The summed E-state index contributed by atoms with van der Waals surface area (Å²) in [6.45, 7) is 2.70. The number of rotatable bonds is 4. The van der Waals surface area contributed by atoms with Crippen LogP contribution < -0.4 is 5.73 Å². The Kier molecular flexibility index (Phi) is 4.52. The topological polar surface area (TPSA) is 55.0 Å². The Labute approximate surface area is 105 Å². The molecular formula is C10H17ClN4S. The van der Waals surface area contributed by atoms with Gasteiger partial charge in [-0.1, -0.05) is 22.5 Å². The monoisotopic (exact) mass is 260 g/mol. The van der Waals surface area contributed by atoms with E-state index in [-0.39, 0.29) is 0 Å². The van der Waals surface area contributed by atoms with Crippen LogP contribution in [0.25, 0.3) is 0 Å². The van der Waals surface area contributed by atoms with Crippen LogP contribution in [0.2, 0.25) is 4.34 Å². The fourth-order valence-electron chi connectivity index (χ4n) is 2.27. The van der Waals surface area contributed by atoms with Crippen molar-refractivity contribution < 1.29 is 0 Å². The van der Waals surface area contributed by atoms with E-state index in [2.05, 4.69) is 14.5 Å². The minimum Gasteiger partial charge on any atom is -0.330 e. The third kappa shape index (κ3) is 2.91. The fourth-order valence-corrected chi connectivity index (χ4v) is 2.88. The maximum absolute atomic E-state index is 6.03. The molecule has 1 fully saturated rings. The van der Waals surface area contributed by atoms with Crippen LogP contribution in [-0.2, 0) is 6.54 Å². The SMILES string of the molecule is NCCC1CCCCN1Cc1nnsc1Cl. The van der Waals surface area contributed by atoms with Crippen LogP contribution in [0.1, 0.15) is 31.4 Å². The number of nitrogens with zero attached hydrogens (tertiary/aromatic N) is 3. The number of aromatic nitrogens is 2. The van der Waals surface area contributed by atoms with Crippen molar-refractivity contribution in [2.75, 3.05) is 13.1 Å². The van der Waals surface area contributed by atoms with Gasteiger partial charge in [0.2, 0.25) is 0 Å². The smallest absolute Gasteiger partial charge is 0.138 e. The van der Waals surface area contributed by atoms with E-state index in [0.29, 0.717) is 6.04 Å². The van der Waals surface area contributed by atoms with Crippen molar-refractivity contribution in [2.45, 2.75) is 38.3 Å². The molecule has 6 heteroatoms. The van der Waals surface area contributed by atoms with Gasteiger partial charge in [-0.2, -0.15) is 0 Å². The molecule has 2 rings (SSSR count). The van der Waals surface area contributed by atoms with E-state index >= 15 is 0 Å². The number of piperidine rings is 1. The molecule has 0 radical (unpaired) electrons. The number of hydrogen-bond donors (Lipinski definition) is 1. The standard InChI is InChI=1S/C10H17ClN4S/c11-10-9(13-14-16-10)7-15-6-2-1-3-8(15)4-5-12/h8H,1-7,12H2. The van der Waals surface area contributed by atoms with Gasteiger partial charge in [-0.3, -0.25) is 4.90 Å². The molecule has 4 nitrogen and oxygen atoms in total. The van der Waals surface area contributed by atoms with Crippen LogP contribution in [0.4, 0.5) is 0 Å². The highest BCUT2D eigenvalue weighted by molar-refractivity contribution is 7.10. The molecule has 2 heterocycles. The third-order valence-electron chi connectivity index (χ3n) is 3.11. The van der Waals surface area contributed by atoms with E-state index in [0.717, 1.165) is 36.1 Å². The predicted molar refractivity (Wildman–Crippen MR) is 66.6 cm³/mol. The van der Waals surface area contributed by atoms with Gasteiger partial charge in [-0.05, 0) is 32.4 Å². The zero-order chi connectivity index (χ0) is 11.4. The Morgan fingerprint density at radius 1 is 1.50 bits per heavy atom. The van der Waals surface area contributed by atoms with Crippen molar-refractivity contribution in [1.29, 1.82) is 0 Å². The van der Waals surface area contributed by atoms with Crippen LogP contribution in [0.5, 0.6) is 0 Å². The first-order chi connectivity index (χ1) is 7.81. The summed E-state index contributed by atoms with van der Waals surface area (Å²) in [6, 6.07) is 0.594. The second kappa shape index (κ2) is 5.91. The van der Waals surface area contributed by atoms with Gasteiger partial charge in [-0.15, -0.1) is 5.10 Å². The summed E-state index contributed by atoms with van der Waals surface area (Å²) in [6.07, 6.45) is 4.88. The Morgan fingerprint density at radius 3 is 3.06 bits per heavy atom. The fraction of sp³-hybridized carbons (Fsp3) is 0.800. The van der Waals surface area contributed by atoms with Gasteiger partial charge in [0.1, 0.15) is 10.0 Å². The van der Waals surface area contributed by atoms with Gasteiger partial charge in [0.25, 0.3) is 0 Å². The number of halogens is 1. The van der Waals surface area contributed by atoms with Gasteiger partial charge in [-0.25, -0.2) is 0 Å². The Morgan fingerprint density at radius 2 is 2.38 bits per heavy atom. The molecule has 90 valence electrons. The Balaban J connectivity index is 1.98. The molecule has 1 aliphatic heterocycles. The molecule has 0 aromatic carbocycles. The maximum Gasteiger partial charge on any atom is 0.138 e. The molecule has 0 amide bonds. The minimum absolute atomic E-state index is 0.594. The zero-order valence-corrected chi connectivity index (χ0v) is 10.8. The van der Waals surface area contributed by atoms with Crippen molar-refractivity contribution in [3.63, 3.8) is 0 Å². The molecule has 1 aromatic heterocycles. The second-order valence-corrected chi connectivity index (χ2v) is 5.55. The second-order valence-electron chi connectivity index (χ2n) is 4.19. The van der Waals surface area contributed by atoms with Crippen LogP contribution in [0, 0.1) is 0 Å². The molecule has 1 saturated heterocycles. The lowest BCUT2D eigenvalue weighted by Gasteiger charge is -2.35. The molecule has 16 heavy (non-hydrogen) atoms. The molecule has 0 bridgehead atoms. The molecule has 0 spiro atoms. The number of likely N-dealkylation sites (tertiary alicyclic amines) is 1. The lowest BCUT2D eigenvalue weighted by atomic mass is 9.99. The quantitative estimate of drug-likeness (QED) is 0.898. The van der Waals surface area contributed by atoms with Crippen LogP contribution in [0.15, 0.2) is 0 Å². The van der Waals surface area contributed by atoms with Crippen LogP contribution in [-0.4, -0.2) is 33.6 Å². The highest BCUT2D eigenvalue weighted by Gasteiger charge is 2.23. The van der Waals surface area contributed by atoms with E-state index in [4.69, 9.17) is 17.3 Å². The first-order valence-electron chi connectivity index (χ1n) is 5.72. The summed E-state index contributed by atoms with van der Waals surface area (Å²) >= 11 is 7.29. The van der Waals surface area contributed by atoms with Gasteiger partial charge >= 0.3 is 0 Å². The molecule has 1 unspecified atom stereocenters. The largest absolute Gasteiger partial charge is 0.330 e. The lowest BCUT2D eigenvalue weighted by Crippen LogP contribution is -2.40. The Bertz CT molecular complexity index is 328. The summed E-state index contributed by atoms with van der Waals surface area (Å²) in [4.78, 5) is 2.44. The van der Waals surface area contributed by atoms with Gasteiger partial charge in [0, 0.05) is 24.1 Å². The van der Waals surface area contributed by atoms with Crippen LogP contribution in [0.3, 0.4) is 0 Å². The van der Waals surface area contributed by atoms with E-state index < -0.39 is 0 Å². The summed E-state index contributed by atoms with van der Waals surface area (Å²) < 4.78 is 4.59. The van der Waals surface area contributed by atoms with Crippen molar-refractivity contribution in [2.24, 2.45) is 5.73 Å². The van der Waals surface area contributed by atoms with E-state index in [1.165, 1.54) is 30.8 Å². The molecule has 1 aliphatic rings. The lowest BCUT2D eigenvalue weighted by molar-refractivity contribution is 0.132. The molecule has 2 N–H and O–H groups in total. The van der Waals surface area contributed by atoms with Crippen molar-refractivity contribution in [1.82, 2.24) is 14.5 Å². The zero-order valence-electron chi connectivity index (χ0n) is 9.23. The van der Waals surface area contributed by atoms with Gasteiger partial charge in [0.05, 0.1) is 0 Å². The van der Waals surface area contributed by atoms with Gasteiger partial charge in [0.15, 0.2) is 0 Å². The summed E-state index contributed by atoms with van der Waals surface area (Å²) in [5.74, 6) is 0. The van der Waals surface area contributed by atoms with Crippen LogP contribution >= 0.6 is 23.1 Å².